The number of urea groups is 1. The third kappa shape index (κ3) is 8.03. The fraction of sp³-hybridized carbons (Fsp3) is 0.500. The van der Waals surface area contributed by atoms with Gasteiger partial charge >= 0.3 is 6.03 Å². The van der Waals surface area contributed by atoms with Crippen LogP contribution in [-0.4, -0.2) is 87.0 Å². The standard InChI is InChI=1S/C25H34N4O2.C21H27N3O/c1-5-11-29-22-7-6-19(24(30)27-12-8-18(4)9-13-27)15-20(22)21-16-28(14-10-23(21)29)25(31)26-17(2)3;1-3-10-24-19-5-4-16(21(25)23-11-7-15(2)8-12-23)13-17(19)18-14-22-9-6-20(18)24/h5-7,15,17-18H,1,8-14,16H2,2-4H3,(H,26,31);3-5,13,15,22H,1,6-12,14H2,2H3. The Kier molecular flexibility index (Phi) is 12.0. The van der Waals surface area contributed by atoms with Gasteiger partial charge in [0.25, 0.3) is 11.8 Å². The van der Waals surface area contributed by atoms with Gasteiger partial charge in [0.2, 0.25) is 0 Å². The van der Waals surface area contributed by atoms with Crippen molar-refractivity contribution in [2.75, 3.05) is 39.3 Å². The van der Waals surface area contributed by atoms with Crippen LogP contribution in [-0.2, 0) is 39.0 Å². The molecular formula is C46H61N7O3. The third-order valence-corrected chi connectivity index (χ3v) is 12.3. The van der Waals surface area contributed by atoms with Gasteiger partial charge in [-0.25, -0.2) is 4.79 Å². The van der Waals surface area contributed by atoms with E-state index in [9.17, 15) is 14.4 Å². The molecule has 298 valence electrons. The lowest BCUT2D eigenvalue weighted by Gasteiger charge is -2.30. The van der Waals surface area contributed by atoms with Crippen LogP contribution in [0, 0.1) is 11.8 Å². The average Bonchev–Trinajstić information content (AvgIpc) is 3.69. The molecule has 6 heterocycles. The monoisotopic (exact) mass is 759 g/mol. The van der Waals surface area contributed by atoms with Gasteiger partial charge in [-0.2, -0.15) is 0 Å². The van der Waals surface area contributed by atoms with Crippen LogP contribution >= 0.6 is 0 Å². The van der Waals surface area contributed by atoms with E-state index in [-0.39, 0.29) is 23.9 Å². The fourth-order valence-corrected chi connectivity index (χ4v) is 9.07. The lowest BCUT2D eigenvalue weighted by Crippen LogP contribution is -2.45. The maximum absolute atomic E-state index is 13.2. The molecule has 0 aliphatic carbocycles. The predicted octanol–water partition coefficient (Wildman–Crippen LogP) is 7.52. The molecule has 2 saturated heterocycles. The van der Waals surface area contributed by atoms with Gasteiger partial charge in [0.05, 0.1) is 0 Å². The molecule has 8 rings (SSSR count). The molecule has 4 amide bonds. The maximum atomic E-state index is 13.2. The summed E-state index contributed by atoms with van der Waals surface area (Å²) in [7, 11) is 0. The molecule has 0 atom stereocenters. The van der Waals surface area contributed by atoms with Crippen LogP contribution in [0.5, 0.6) is 0 Å². The Morgan fingerprint density at radius 1 is 0.732 bits per heavy atom. The number of rotatable bonds is 7. The van der Waals surface area contributed by atoms with Crippen molar-refractivity contribution in [3.05, 3.63) is 95.3 Å². The number of carbonyl (C=O) groups is 3. The first-order chi connectivity index (χ1) is 27.1. The summed E-state index contributed by atoms with van der Waals surface area (Å²) in [5.74, 6) is 1.72. The van der Waals surface area contributed by atoms with E-state index in [1.807, 2.05) is 58.9 Å². The second-order valence-electron chi connectivity index (χ2n) is 16.8. The van der Waals surface area contributed by atoms with Gasteiger partial charge < -0.3 is 34.5 Å². The van der Waals surface area contributed by atoms with Crippen molar-refractivity contribution < 1.29 is 14.4 Å². The smallest absolute Gasteiger partial charge is 0.317 e. The maximum Gasteiger partial charge on any atom is 0.317 e. The molecule has 0 bridgehead atoms. The van der Waals surface area contributed by atoms with E-state index in [2.05, 4.69) is 65.0 Å². The number of piperidine rings is 2. The Labute approximate surface area is 332 Å². The number of allylic oxidation sites excluding steroid dienone is 2. The van der Waals surface area contributed by atoms with Crippen LogP contribution in [0.15, 0.2) is 61.7 Å². The summed E-state index contributed by atoms with van der Waals surface area (Å²) in [6.07, 6.45) is 10.1. The minimum Gasteiger partial charge on any atom is -0.340 e. The molecule has 4 aliphatic heterocycles. The lowest BCUT2D eigenvalue weighted by atomic mass is 9.98. The predicted molar refractivity (Wildman–Crippen MR) is 226 cm³/mol. The van der Waals surface area contributed by atoms with E-state index in [4.69, 9.17) is 0 Å². The van der Waals surface area contributed by atoms with E-state index in [1.165, 1.54) is 27.9 Å². The van der Waals surface area contributed by atoms with E-state index >= 15 is 0 Å². The van der Waals surface area contributed by atoms with Gasteiger partial charge in [0, 0.05) is 134 Å². The number of hydrogen-bond donors (Lipinski definition) is 2. The highest BCUT2D eigenvalue weighted by atomic mass is 16.2. The van der Waals surface area contributed by atoms with Crippen LogP contribution in [0.4, 0.5) is 4.79 Å². The zero-order valence-corrected chi connectivity index (χ0v) is 34.0. The number of amides is 4. The van der Waals surface area contributed by atoms with Crippen molar-refractivity contribution in [2.45, 2.75) is 98.4 Å². The average molecular weight is 760 g/mol. The normalized spacial score (nSPS) is 17.7. The van der Waals surface area contributed by atoms with Gasteiger partial charge in [-0.3, -0.25) is 9.59 Å². The lowest BCUT2D eigenvalue weighted by molar-refractivity contribution is 0.0689. The molecule has 0 saturated carbocycles. The van der Waals surface area contributed by atoms with E-state index in [1.54, 1.807) is 0 Å². The molecule has 10 nitrogen and oxygen atoms in total. The van der Waals surface area contributed by atoms with Crippen molar-refractivity contribution >= 4 is 39.7 Å². The van der Waals surface area contributed by atoms with E-state index in [0.717, 1.165) is 124 Å². The summed E-state index contributed by atoms with van der Waals surface area (Å²) in [6, 6.07) is 12.4. The Hall–Kier alpha value is -4.83. The zero-order valence-electron chi connectivity index (χ0n) is 34.0. The highest BCUT2D eigenvalue weighted by Crippen LogP contribution is 2.33. The summed E-state index contributed by atoms with van der Waals surface area (Å²) in [5.41, 5.74) is 9.05. The summed E-state index contributed by atoms with van der Waals surface area (Å²) in [4.78, 5) is 44.6. The van der Waals surface area contributed by atoms with Crippen molar-refractivity contribution in [3.63, 3.8) is 0 Å². The summed E-state index contributed by atoms with van der Waals surface area (Å²) in [5, 5.41) is 8.77. The molecule has 2 fully saturated rings. The highest BCUT2D eigenvalue weighted by Gasteiger charge is 2.29. The van der Waals surface area contributed by atoms with E-state index in [0.29, 0.717) is 19.0 Å². The van der Waals surface area contributed by atoms with Crippen LogP contribution in [0.1, 0.15) is 96.6 Å². The molecule has 4 aliphatic rings. The zero-order chi connectivity index (χ0) is 39.5. The Balaban J connectivity index is 0.000000175. The minimum atomic E-state index is -0.0278. The van der Waals surface area contributed by atoms with Gasteiger partial charge in [0.15, 0.2) is 0 Å². The first-order valence-electron chi connectivity index (χ1n) is 20.9. The van der Waals surface area contributed by atoms with Crippen molar-refractivity contribution in [1.29, 1.82) is 0 Å². The third-order valence-electron chi connectivity index (χ3n) is 12.3. The first-order valence-corrected chi connectivity index (χ1v) is 20.9. The molecule has 0 radical (unpaired) electrons. The number of fused-ring (bicyclic) bond motifs is 6. The van der Waals surface area contributed by atoms with Crippen molar-refractivity contribution in [3.8, 4) is 0 Å². The number of likely N-dealkylation sites (tertiary alicyclic amines) is 2. The molecule has 0 spiro atoms. The van der Waals surface area contributed by atoms with Crippen LogP contribution in [0.2, 0.25) is 0 Å². The first kappa shape index (κ1) is 39.4. The quantitative estimate of drug-likeness (QED) is 0.191. The minimum absolute atomic E-state index is 0.0278. The van der Waals surface area contributed by atoms with Crippen LogP contribution < -0.4 is 10.6 Å². The Bertz CT molecular complexity index is 2110. The molecule has 0 unspecified atom stereocenters. The SMILES string of the molecule is C=CCn1c2c(c3cc(C(=O)N4CCC(C)CC4)ccc31)CN(C(=O)NC(C)C)CC2.C=CCn1c2c(c3cc(C(=O)N4CCC(C)CC4)ccc31)CNCC2. The number of aromatic nitrogens is 2. The number of carbonyl (C=O) groups excluding carboxylic acids is 3. The van der Waals surface area contributed by atoms with Gasteiger partial charge in [-0.05, 0) is 93.3 Å². The molecule has 10 heteroatoms. The Morgan fingerprint density at radius 3 is 1.73 bits per heavy atom. The van der Waals surface area contributed by atoms with E-state index < -0.39 is 0 Å². The van der Waals surface area contributed by atoms with Gasteiger partial charge in [-0.1, -0.05) is 26.0 Å². The number of nitrogens with zero attached hydrogens (tertiary/aromatic N) is 5. The van der Waals surface area contributed by atoms with Crippen molar-refractivity contribution in [2.24, 2.45) is 11.8 Å². The number of benzene rings is 2. The van der Waals surface area contributed by atoms with Crippen LogP contribution in [0.3, 0.4) is 0 Å². The highest BCUT2D eigenvalue weighted by molar-refractivity contribution is 6.00. The molecule has 2 aromatic carbocycles. The summed E-state index contributed by atoms with van der Waals surface area (Å²) >= 11 is 0. The molecule has 2 N–H and O–H groups in total. The summed E-state index contributed by atoms with van der Waals surface area (Å²) in [6.45, 7) is 24.4. The second kappa shape index (κ2) is 17.1. The molecule has 56 heavy (non-hydrogen) atoms. The fourth-order valence-electron chi connectivity index (χ4n) is 9.07. The molecule has 4 aromatic rings. The number of nitrogens with one attached hydrogen (secondary N) is 2. The molecule has 2 aromatic heterocycles. The molecular weight excluding hydrogens is 699 g/mol. The topological polar surface area (TPSA) is 94.9 Å². The van der Waals surface area contributed by atoms with Crippen molar-refractivity contribution in [1.82, 2.24) is 34.5 Å². The van der Waals surface area contributed by atoms with Gasteiger partial charge in [-0.15, -0.1) is 13.2 Å². The number of hydrogen-bond acceptors (Lipinski definition) is 4. The second-order valence-corrected chi connectivity index (χ2v) is 16.8. The van der Waals surface area contributed by atoms with Gasteiger partial charge in [0.1, 0.15) is 0 Å². The largest absolute Gasteiger partial charge is 0.340 e. The Morgan fingerprint density at radius 2 is 1.23 bits per heavy atom. The summed E-state index contributed by atoms with van der Waals surface area (Å²) < 4.78 is 4.64. The van der Waals surface area contributed by atoms with Crippen LogP contribution in [0.25, 0.3) is 21.8 Å².